The van der Waals surface area contributed by atoms with Gasteiger partial charge in [-0.2, -0.15) is 0 Å². The van der Waals surface area contributed by atoms with Crippen molar-refractivity contribution in [2.45, 2.75) is 90.6 Å². The highest BCUT2D eigenvalue weighted by Gasteiger charge is 2.92. The van der Waals surface area contributed by atoms with Crippen molar-refractivity contribution < 1.29 is 38.4 Å². The summed E-state index contributed by atoms with van der Waals surface area (Å²) in [5.74, 6) is -1.23. The molecule has 192 valence electrons. The maximum absolute atomic E-state index is 13.2. The molecule has 8 heteroatoms. The van der Waals surface area contributed by atoms with Gasteiger partial charge in [0.2, 0.25) is 0 Å². The Hall–Kier alpha value is -1.93. The van der Waals surface area contributed by atoms with E-state index in [1.165, 1.54) is 0 Å². The maximum atomic E-state index is 13.2. The molecule has 0 aromatic rings. The second-order valence-corrected chi connectivity index (χ2v) is 13.1. The van der Waals surface area contributed by atoms with Gasteiger partial charge >= 0.3 is 17.9 Å². The van der Waals surface area contributed by atoms with Crippen LogP contribution in [0.1, 0.15) is 67.2 Å². The molecular formula is C27H36O8. The van der Waals surface area contributed by atoms with Gasteiger partial charge in [-0.3, -0.25) is 9.59 Å². The number of carbonyl (C=O) groups is 3. The zero-order valence-corrected chi connectivity index (χ0v) is 21.4. The predicted molar refractivity (Wildman–Crippen MR) is 122 cm³/mol. The molecule has 4 fully saturated rings. The van der Waals surface area contributed by atoms with Crippen LogP contribution >= 0.6 is 0 Å². The summed E-state index contributed by atoms with van der Waals surface area (Å²) in [6.45, 7) is 12.4. The van der Waals surface area contributed by atoms with Gasteiger partial charge in [-0.05, 0) is 57.4 Å². The van der Waals surface area contributed by atoms with Crippen molar-refractivity contribution in [3.8, 4) is 0 Å². The average Bonchev–Trinajstić information content (AvgIpc) is 3.64. The smallest absolute Gasteiger partial charge is 0.334 e. The second kappa shape index (κ2) is 6.68. The summed E-state index contributed by atoms with van der Waals surface area (Å²) < 4.78 is 25.2. The molecule has 3 aliphatic heterocycles. The number of fused-ring (bicyclic) bond motifs is 4. The van der Waals surface area contributed by atoms with Crippen LogP contribution in [0.4, 0.5) is 0 Å². The Bertz CT molecular complexity index is 1080. The molecule has 2 saturated heterocycles. The van der Waals surface area contributed by atoms with Crippen LogP contribution in [0.5, 0.6) is 0 Å². The zero-order valence-electron chi connectivity index (χ0n) is 21.4. The fourth-order valence-corrected chi connectivity index (χ4v) is 8.61. The van der Waals surface area contributed by atoms with Crippen LogP contribution in [-0.2, 0) is 33.3 Å². The Labute approximate surface area is 205 Å². The lowest BCUT2D eigenvalue weighted by molar-refractivity contribution is -0.265. The van der Waals surface area contributed by atoms with E-state index in [2.05, 4.69) is 20.8 Å². The van der Waals surface area contributed by atoms with Crippen molar-refractivity contribution in [3.05, 3.63) is 11.1 Å². The summed E-state index contributed by atoms with van der Waals surface area (Å²) in [6, 6.07) is 0. The third-order valence-corrected chi connectivity index (χ3v) is 10.8. The largest absolute Gasteiger partial charge is 0.481 e. The fraction of sp³-hybridized carbons (Fsp3) is 0.815. The number of epoxide rings is 1. The lowest BCUT2D eigenvalue weighted by Gasteiger charge is -2.61. The highest BCUT2D eigenvalue weighted by atomic mass is 16.7. The molecule has 3 aliphatic carbocycles. The molecule has 1 N–H and O–H groups in total. The highest BCUT2D eigenvalue weighted by Crippen LogP contribution is 2.82. The van der Waals surface area contributed by atoms with E-state index in [1.54, 1.807) is 13.8 Å². The molecule has 0 unspecified atom stereocenters. The van der Waals surface area contributed by atoms with Gasteiger partial charge in [-0.1, -0.05) is 20.8 Å². The summed E-state index contributed by atoms with van der Waals surface area (Å²) in [5, 5.41) is 9.55. The van der Waals surface area contributed by atoms with E-state index in [1.807, 2.05) is 6.92 Å². The SMILES string of the molecule is CC(C)[C@]12C[C@H]1[C@@H]1O[C@@]13[C@@]1(C)CCC4=C(COC4=O)[C@@H]1CO[C@]3(C)[C@@H]2OC(=O)CC(C)(C)C(=O)O. The van der Waals surface area contributed by atoms with Gasteiger partial charge in [-0.15, -0.1) is 0 Å². The monoisotopic (exact) mass is 488 g/mol. The average molecular weight is 489 g/mol. The summed E-state index contributed by atoms with van der Waals surface area (Å²) in [7, 11) is 0. The summed E-state index contributed by atoms with van der Waals surface area (Å²) in [6.07, 6.45) is 1.62. The van der Waals surface area contributed by atoms with E-state index in [9.17, 15) is 19.5 Å². The number of carboxylic acids is 1. The molecule has 0 amide bonds. The van der Waals surface area contributed by atoms with Crippen molar-refractivity contribution in [3.63, 3.8) is 0 Å². The van der Waals surface area contributed by atoms with Crippen molar-refractivity contribution in [2.24, 2.45) is 34.0 Å². The molecule has 0 bridgehead atoms. The molecule has 8 nitrogen and oxygen atoms in total. The van der Waals surface area contributed by atoms with Gasteiger partial charge in [0.05, 0.1) is 24.5 Å². The van der Waals surface area contributed by atoms with Crippen LogP contribution in [0.3, 0.4) is 0 Å². The van der Waals surface area contributed by atoms with Gasteiger partial charge in [-0.25, -0.2) is 4.79 Å². The van der Waals surface area contributed by atoms with Crippen LogP contribution in [0.25, 0.3) is 0 Å². The molecule has 0 aromatic heterocycles. The molecule has 35 heavy (non-hydrogen) atoms. The Morgan fingerprint density at radius 2 is 1.97 bits per heavy atom. The third kappa shape index (κ3) is 2.58. The molecule has 0 aromatic carbocycles. The van der Waals surface area contributed by atoms with E-state index in [0.717, 1.165) is 24.0 Å². The van der Waals surface area contributed by atoms with Crippen LogP contribution in [0.15, 0.2) is 11.1 Å². The molecule has 2 saturated carbocycles. The number of hydrogen-bond donors (Lipinski definition) is 1. The van der Waals surface area contributed by atoms with Gasteiger partial charge in [0.25, 0.3) is 0 Å². The zero-order chi connectivity index (χ0) is 25.3. The Balaban J connectivity index is 1.39. The van der Waals surface area contributed by atoms with E-state index >= 15 is 0 Å². The molecule has 3 heterocycles. The molecule has 8 atom stereocenters. The number of hydrogen-bond acceptors (Lipinski definition) is 7. The van der Waals surface area contributed by atoms with E-state index < -0.39 is 34.7 Å². The lowest BCUT2D eigenvalue weighted by Crippen LogP contribution is -2.73. The topological polar surface area (TPSA) is 112 Å². The van der Waals surface area contributed by atoms with Gasteiger partial charge in [0.15, 0.2) is 0 Å². The number of cyclic esters (lactones) is 1. The first-order valence-corrected chi connectivity index (χ1v) is 12.9. The fourth-order valence-electron chi connectivity index (χ4n) is 8.61. The quantitative estimate of drug-likeness (QED) is 0.464. The minimum atomic E-state index is -1.22. The molecule has 6 aliphatic rings. The number of carboxylic acid groups (broad SMARTS) is 1. The second-order valence-electron chi connectivity index (χ2n) is 13.1. The predicted octanol–water partition coefficient (Wildman–Crippen LogP) is 3.27. The summed E-state index contributed by atoms with van der Waals surface area (Å²) in [5.41, 5.74) is -1.41. The standard InChI is InChI=1S/C27H36O8/c1-13(2)26-9-16(26)19-27(35-19)24(5)8-7-14-15(11-32-20(14)29)17(24)12-33-25(27,6)21(26)34-18(28)10-23(3,4)22(30)31/h13,16-17,19,21H,7-12H2,1-6H3,(H,30,31)/t16-,17-,19-,21-,24-,25+,26+,27+/m0/s1. The van der Waals surface area contributed by atoms with Crippen LogP contribution in [-0.4, -0.2) is 59.6 Å². The summed E-state index contributed by atoms with van der Waals surface area (Å²) >= 11 is 0. The minimum absolute atomic E-state index is 0.0170. The van der Waals surface area contributed by atoms with Gasteiger partial charge in [0, 0.05) is 22.3 Å². The first-order chi connectivity index (χ1) is 16.3. The molecule has 6 rings (SSSR count). The van der Waals surface area contributed by atoms with Crippen molar-refractivity contribution in [1.82, 2.24) is 0 Å². The first-order valence-electron chi connectivity index (χ1n) is 12.9. The Kier molecular flexibility index (Phi) is 4.48. The van der Waals surface area contributed by atoms with Crippen molar-refractivity contribution in [2.75, 3.05) is 13.2 Å². The van der Waals surface area contributed by atoms with Crippen molar-refractivity contribution in [1.29, 1.82) is 0 Å². The third-order valence-electron chi connectivity index (χ3n) is 10.8. The van der Waals surface area contributed by atoms with Gasteiger partial charge in [0.1, 0.15) is 23.9 Å². The normalized spacial score (nSPS) is 47.1. The number of aliphatic carboxylic acids is 1. The molecular weight excluding hydrogens is 452 g/mol. The first kappa shape index (κ1) is 23.5. The number of esters is 2. The Morgan fingerprint density at radius 1 is 1.26 bits per heavy atom. The maximum Gasteiger partial charge on any atom is 0.334 e. The van der Waals surface area contributed by atoms with Gasteiger partial charge < -0.3 is 24.1 Å². The number of carbonyl (C=O) groups excluding carboxylic acids is 2. The number of ether oxygens (including phenoxy) is 4. The van der Waals surface area contributed by atoms with E-state index in [0.29, 0.717) is 19.6 Å². The molecule has 1 spiro atoms. The minimum Gasteiger partial charge on any atom is -0.481 e. The number of rotatable bonds is 5. The van der Waals surface area contributed by atoms with Crippen LogP contribution < -0.4 is 0 Å². The Morgan fingerprint density at radius 3 is 2.63 bits per heavy atom. The highest BCUT2D eigenvalue weighted by molar-refractivity contribution is 5.92. The summed E-state index contributed by atoms with van der Waals surface area (Å²) in [4.78, 5) is 37.1. The van der Waals surface area contributed by atoms with Crippen LogP contribution in [0, 0.1) is 34.0 Å². The molecule has 0 radical (unpaired) electrons. The van der Waals surface area contributed by atoms with Crippen LogP contribution in [0.2, 0.25) is 0 Å². The van der Waals surface area contributed by atoms with Crippen molar-refractivity contribution >= 4 is 17.9 Å². The van der Waals surface area contributed by atoms with E-state index in [4.69, 9.17) is 18.9 Å². The van der Waals surface area contributed by atoms with E-state index in [-0.39, 0.29) is 47.1 Å². The lowest BCUT2D eigenvalue weighted by atomic mass is 9.49.